The number of likely N-dealkylation sites (tertiary alicyclic amines) is 1. The lowest BCUT2D eigenvalue weighted by molar-refractivity contribution is 0.390. The fourth-order valence-electron chi connectivity index (χ4n) is 3.68. The molecule has 1 fully saturated rings. The third-order valence-electron chi connectivity index (χ3n) is 4.97. The Labute approximate surface area is 161 Å². The summed E-state index contributed by atoms with van der Waals surface area (Å²) < 4.78 is 2.07. The molecule has 1 unspecified atom stereocenters. The number of aromatic nitrogens is 5. The molecule has 2 aliphatic rings. The molecule has 5 heterocycles. The lowest BCUT2D eigenvalue weighted by Crippen LogP contribution is -2.25. The molecular weight excluding hydrogens is 360 g/mol. The summed E-state index contributed by atoms with van der Waals surface area (Å²) >= 11 is 1.82. The lowest BCUT2D eigenvalue weighted by Gasteiger charge is -2.16. The van der Waals surface area contributed by atoms with E-state index in [4.69, 9.17) is 9.98 Å². The maximum absolute atomic E-state index is 4.73. The molecule has 0 spiro atoms. The number of aryl methyl sites for hydroxylation is 1. The van der Waals surface area contributed by atoms with E-state index >= 15 is 0 Å². The largest absolute Gasteiger partial charge is 0.353 e. The first-order chi connectivity index (χ1) is 13.3. The van der Waals surface area contributed by atoms with E-state index in [2.05, 4.69) is 29.8 Å². The molecule has 0 amide bonds. The van der Waals surface area contributed by atoms with Gasteiger partial charge >= 0.3 is 0 Å². The smallest absolute Gasteiger partial charge is 0.180 e. The Morgan fingerprint density at radius 1 is 1.30 bits per heavy atom. The molecule has 0 saturated carbocycles. The maximum Gasteiger partial charge on any atom is 0.180 e. The molecule has 3 aromatic rings. The summed E-state index contributed by atoms with van der Waals surface area (Å²) in [6.07, 6.45) is 10.2. The first-order valence-corrected chi connectivity index (χ1v) is 10.2. The van der Waals surface area contributed by atoms with Gasteiger partial charge in [0.1, 0.15) is 0 Å². The van der Waals surface area contributed by atoms with Crippen molar-refractivity contribution < 1.29 is 0 Å². The third kappa shape index (κ3) is 3.32. The molecule has 2 aliphatic heterocycles. The summed E-state index contributed by atoms with van der Waals surface area (Å²) in [7, 11) is 0. The van der Waals surface area contributed by atoms with Gasteiger partial charge in [0.05, 0.1) is 40.7 Å². The van der Waals surface area contributed by atoms with Crippen LogP contribution in [-0.2, 0) is 0 Å². The van der Waals surface area contributed by atoms with Gasteiger partial charge in [-0.1, -0.05) is 11.8 Å². The van der Waals surface area contributed by atoms with Crippen LogP contribution >= 0.6 is 11.8 Å². The fraction of sp³-hybridized carbons (Fsp3) is 0.444. The van der Waals surface area contributed by atoms with Crippen LogP contribution in [0.2, 0.25) is 0 Å². The molecule has 1 saturated heterocycles. The summed E-state index contributed by atoms with van der Waals surface area (Å²) in [4.78, 5) is 16.5. The molecule has 5 rings (SSSR count). The van der Waals surface area contributed by atoms with Gasteiger partial charge in [0, 0.05) is 24.5 Å². The summed E-state index contributed by atoms with van der Waals surface area (Å²) in [5.74, 6) is 0.805. The number of nitrogens with one attached hydrogen (secondary N) is 2. The van der Waals surface area contributed by atoms with Crippen LogP contribution in [0.4, 0.5) is 5.82 Å². The second-order valence-electron chi connectivity index (χ2n) is 7.02. The number of fused-ring (bicyclic) bond motifs is 1. The summed E-state index contributed by atoms with van der Waals surface area (Å²) in [5.41, 5.74) is 3.77. The minimum Gasteiger partial charge on any atom is -0.353 e. The van der Waals surface area contributed by atoms with Crippen LogP contribution in [0.15, 0.2) is 29.8 Å². The molecule has 0 bridgehead atoms. The second kappa shape index (κ2) is 6.97. The number of imidazole rings is 1. The van der Waals surface area contributed by atoms with E-state index in [9.17, 15) is 0 Å². The van der Waals surface area contributed by atoms with Crippen molar-refractivity contribution in [3.63, 3.8) is 0 Å². The van der Waals surface area contributed by atoms with Crippen LogP contribution in [0.1, 0.15) is 18.5 Å². The zero-order chi connectivity index (χ0) is 18.2. The van der Waals surface area contributed by atoms with Gasteiger partial charge in [0.25, 0.3) is 0 Å². The molecule has 1 atom stereocenters. The van der Waals surface area contributed by atoms with Crippen molar-refractivity contribution in [3.8, 4) is 11.3 Å². The van der Waals surface area contributed by atoms with Gasteiger partial charge < -0.3 is 5.32 Å². The third-order valence-corrected chi connectivity index (χ3v) is 6.06. The van der Waals surface area contributed by atoms with E-state index < -0.39 is 0 Å². The highest BCUT2D eigenvalue weighted by molar-refractivity contribution is 8.14. The molecule has 3 aromatic heterocycles. The van der Waals surface area contributed by atoms with Crippen LogP contribution in [0, 0.1) is 6.92 Å². The van der Waals surface area contributed by atoms with E-state index in [0.717, 1.165) is 41.5 Å². The van der Waals surface area contributed by atoms with E-state index in [1.807, 2.05) is 37.3 Å². The Bertz CT molecular complexity index is 971. The molecular formula is C18H22N8S. The Kier molecular flexibility index (Phi) is 4.33. The zero-order valence-electron chi connectivity index (χ0n) is 15.2. The fourth-order valence-corrected chi connectivity index (χ4v) is 4.73. The van der Waals surface area contributed by atoms with Crippen LogP contribution in [-0.4, -0.2) is 66.1 Å². The highest BCUT2D eigenvalue weighted by Gasteiger charge is 2.24. The van der Waals surface area contributed by atoms with Gasteiger partial charge in [-0.05, 0) is 32.9 Å². The number of H-pyrrole nitrogens is 1. The van der Waals surface area contributed by atoms with Crippen LogP contribution in [0.5, 0.6) is 0 Å². The van der Waals surface area contributed by atoms with Gasteiger partial charge in [0.15, 0.2) is 11.5 Å². The van der Waals surface area contributed by atoms with Crippen molar-refractivity contribution in [2.75, 3.05) is 31.5 Å². The predicted molar refractivity (Wildman–Crippen MR) is 108 cm³/mol. The Morgan fingerprint density at radius 2 is 2.19 bits per heavy atom. The van der Waals surface area contributed by atoms with Gasteiger partial charge in [-0.25, -0.2) is 9.97 Å². The number of aliphatic imine (C=N–C) groups is 1. The van der Waals surface area contributed by atoms with Gasteiger partial charge in [-0.2, -0.15) is 5.10 Å². The standard InChI is InChI=1S/C18H22N8S/c1-12-10-26-14(13-6-21-22-7-13)8-20-18(26)17(23-12)24-15-9-19-16(27-15)11-25-4-2-3-5-25/h6-8,10,15H,2-5,9,11H2,1H3,(H,21,22)(H,23,24). The predicted octanol–water partition coefficient (Wildman–Crippen LogP) is 2.41. The molecule has 0 radical (unpaired) electrons. The monoisotopic (exact) mass is 382 g/mol. The number of hydrogen-bond donors (Lipinski definition) is 2. The Balaban J connectivity index is 1.35. The molecule has 9 heteroatoms. The van der Waals surface area contributed by atoms with Crippen LogP contribution < -0.4 is 5.32 Å². The second-order valence-corrected chi connectivity index (χ2v) is 8.30. The molecule has 8 nitrogen and oxygen atoms in total. The summed E-state index contributed by atoms with van der Waals surface area (Å²) in [6.45, 7) is 6.14. The topological polar surface area (TPSA) is 86.5 Å². The normalized spacial score (nSPS) is 20.5. The molecule has 140 valence electrons. The van der Waals surface area contributed by atoms with E-state index in [0.29, 0.717) is 0 Å². The van der Waals surface area contributed by atoms with Crippen LogP contribution in [0.3, 0.4) is 0 Å². The van der Waals surface area contributed by atoms with Crippen molar-refractivity contribution in [1.29, 1.82) is 0 Å². The van der Waals surface area contributed by atoms with Crippen molar-refractivity contribution in [2.45, 2.75) is 25.1 Å². The quantitative estimate of drug-likeness (QED) is 0.705. The Hall–Kier alpha value is -2.39. The maximum atomic E-state index is 4.73. The van der Waals surface area contributed by atoms with E-state index in [-0.39, 0.29) is 5.37 Å². The minimum absolute atomic E-state index is 0.203. The molecule has 2 N–H and O–H groups in total. The van der Waals surface area contributed by atoms with Crippen LogP contribution in [0.25, 0.3) is 16.9 Å². The number of rotatable bonds is 5. The average molecular weight is 382 g/mol. The first kappa shape index (κ1) is 16.8. The molecule has 0 aliphatic carbocycles. The van der Waals surface area contributed by atoms with Gasteiger partial charge in [-0.15, -0.1) is 0 Å². The minimum atomic E-state index is 0.203. The van der Waals surface area contributed by atoms with Crippen molar-refractivity contribution in [1.82, 2.24) is 29.5 Å². The van der Waals surface area contributed by atoms with Gasteiger partial charge in [0.2, 0.25) is 0 Å². The summed E-state index contributed by atoms with van der Waals surface area (Å²) in [6, 6.07) is 0. The number of nitrogens with zero attached hydrogens (tertiary/aromatic N) is 6. The number of anilines is 1. The Morgan fingerprint density at radius 3 is 3.00 bits per heavy atom. The SMILES string of the molecule is Cc1cn2c(-c3cn[nH]c3)cnc2c(NC2CN=C(CN3CCCC3)S2)n1. The number of aromatic amines is 1. The van der Waals surface area contributed by atoms with Crippen molar-refractivity contribution in [3.05, 3.63) is 30.5 Å². The number of thioether (sulfide) groups is 1. The number of hydrogen-bond acceptors (Lipinski definition) is 7. The zero-order valence-corrected chi connectivity index (χ0v) is 16.0. The highest BCUT2D eigenvalue weighted by atomic mass is 32.2. The molecule has 27 heavy (non-hydrogen) atoms. The van der Waals surface area contributed by atoms with Gasteiger partial charge in [-0.3, -0.25) is 19.4 Å². The van der Waals surface area contributed by atoms with Crippen molar-refractivity contribution >= 4 is 28.3 Å². The first-order valence-electron chi connectivity index (χ1n) is 9.29. The highest BCUT2D eigenvalue weighted by Crippen LogP contribution is 2.28. The summed E-state index contributed by atoms with van der Waals surface area (Å²) in [5, 5.41) is 11.9. The molecule has 0 aromatic carbocycles. The van der Waals surface area contributed by atoms with E-state index in [1.165, 1.54) is 31.0 Å². The van der Waals surface area contributed by atoms with E-state index in [1.54, 1.807) is 6.20 Å². The average Bonchev–Trinajstić information content (AvgIpc) is 3.43. The lowest BCUT2D eigenvalue weighted by atomic mass is 10.3. The van der Waals surface area contributed by atoms with Crippen molar-refractivity contribution in [2.24, 2.45) is 4.99 Å².